The van der Waals surface area contributed by atoms with E-state index < -0.39 is 22.6 Å². The smallest absolute Gasteiger partial charge is 0.417 e. The molecule has 0 atom stereocenters. The molecule has 1 aromatic carbocycles. The van der Waals surface area contributed by atoms with Crippen LogP contribution in [-0.2, 0) is 6.18 Å². The molecule has 2 heterocycles. The first-order chi connectivity index (χ1) is 15.7. The summed E-state index contributed by atoms with van der Waals surface area (Å²) in [6.07, 6.45) is -0.652. The van der Waals surface area contributed by atoms with Crippen molar-refractivity contribution in [3.8, 4) is 5.88 Å². The van der Waals surface area contributed by atoms with Gasteiger partial charge in [0.2, 0.25) is 5.88 Å². The van der Waals surface area contributed by atoms with Crippen LogP contribution in [0.4, 0.5) is 24.5 Å². The van der Waals surface area contributed by atoms with Gasteiger partial charge in [0, 0.05) is 38.0 Å². The van der Waals surface area contributed by atoms with E-state index in [1.165, 1.54) is 12.1 Å². The van der Waals surface area contributed by atoms with E-state index in [0.717, 1.165) is 37.6 Å². The zero-order valence-electron chi connectivity index (χ0n) is 17.5. The van der Waals surface area contributed by atoms with Crippen LogP contribution in [0.3, 0.4) is 0 Å². The number of alkyl halides is 3. The Labute approximate surface area is 192 Å². The van der Waals surface area contributed by atoms with Gasteiger partial charge in [-0.2, -0.15) is 13.2 Å². The molecule has 3 rings (SSSR count). The van der Waals surface area contributed by atoms with E-state index in [9.17, 15) is 28.1 Å². The van der Waals surface area contributed by atoms with Crippen LogP contribution in [0.2, 0.25) is 5.02 Å². The van der Waals surface area contributed by atoms with Gasteiger partial charge in [-0.1, -0.05) is 11.6 Å². The second kappa shape index (κ2) is 10.7. The first-order valence-corrected chi connectivity index (χ1v) is 10.7. The summed E-state index contributed by atoms with van der Waals surface area (Å²) in [5.74, 6) is -0.469. The second-order valence-electron chi connectivity index (χ2n) is 7.47. The molecule has 0 bridgehead atoms. The summed E-state index contributed by atoms with van der Waals surface area (Å²) in [6.45, 7) is 1.51. The first kappa shape index (κ1) is 24.6. The highest BCUT2D eigenvalue weighted by molar-refractivity contribution is 6.33. The molecule has 1 amide bonds. The van der Waals surface area contributed by atoms with Gasteiger partial charge in [0.05, 0.1) is 27.7 Å². The van der Waals surface area contributed by atoms with E-state index in [0.29, 0.717) is 25.2 Å². The lowest BCUT2D eigenvalue weighted by atomic mass is 10.1. The van der Waals surface area contributed by atoms with E-state index in [1.54, 1.807) is 0 Å². The van der Waals surface area contributed by atoms with E-state index in [4.69, 9.17) is 16.3 Å². The van der Waals surface area contributed by atoms with Gasteiger partial charge in [0.1, 0.15) is 5.69 Å². The van der Waals surface area contributed by atoms with Crippen molar-refractivity contribution in [2.45, 2.75) is 31.9 Å². The molecule has 1 aliphatic rings. The number of nitro groups is 1. The van der Waals surface area contributed by atoms with E-state index in [-0.39, 0.29) is 35.3 Å². The number of rotatable bonds is 8. The predicted octanol–water partition coefficient (Wildman–Crippen LogP) is 4.85. The molecule has 0 aliphatic carbocycles. The molecule has 1 N–H and O–H groups in total. The van der Waals surface area contributed by atoms with Crippen molar-refractivity contribution < 1.29 is 27.6 Å². The number of nitrogens with one attached hydrogen (secondary N) is 1. The largest absolute Gasteiger partial charge is 0.476 e. The van der Waals surface area contributed by atoms with Crippen molar-refractivity contribution in [2.75, 3.05) is 31.1 Å². The second-order valence-corrected chi connectivity index (χ2v) is 7.88. The molecule has 8 nitrogen and oxygen atoms in total. The number of hydrogen-bond donors (Lipinski definition) is 1. The molecular weight excluding hydrogens is 465 g/mol. The molecule has 0 unspecified atom stereocenters. The Balaban J connectivity index is 1.58. The molecular formula is C21H22ClF3N4O4. The molecule has 0 saturated carbocycles. The fourth-order valence-electron chi connectivity index (χ4n) is 3.41. The van der Waals surface area contributed by atoms with Gasteiger partial charge < -0.3 is 15.0 Å². The van der Waals surface area contributed by atoms with Crippen molar-refractivity contribution in [1.29, 1.82) is 0 Å². The minimum absolute atomic E-state index is 0.0245. The van der Waals surface area contributed by atoms with Crippen LogP contribution in [-0.4, -0.2) is 42.1 Å². The average molecular weight is 487 g/mol. The van der Waals surface area contributed by atoms with Gasteiger partial charge in [0.25, 0.3) is 11.6 Å². The predicted molar refractivity (Wildman–Crippen MR) is 116 cm³/mol. The highest BCUT2D eigenvalue weighted by atomic mass is 35.5. The molecule has 33 heavy (non-hydrogen) atoms. The zero-order valence-corrected chi connectivity index (χ0v) is 18.3. The quantitative estimate of drug-likeness (QED) is 0.325. The molecule has 1 saturated heterocycles. The van der Waals surface area contributed by atoms with Gasteiger partial charge in [-0.25, -0.2) is 4.98 Å². The average Bonchev–Trinajstić information content (AvgIpc) is 2.78. The number of anilines is 1. The summed E-state index contributed by atoms with van der Waals surface area (Å²) in [5.41, 5.74) is -0.816. The summed E-state index contributed by atoms with van der Waals surface area (Å²) < 4.78 is 45.1. The number of carbonyl (C=O) groups is 1. The van der Waals surface area contributed by atoms with Crippen LogP contribution in [0.1, 0.15) is 41.6 Å². The first-order valence-electron chi connectivity index (χ1n) is 10.3. The van der Waals surface area contributed by atoms with Gasteiger partial charge in [-0.15, -0.1) is 0 Å². The molecule has 12 heteroatoms. The Morgan fingerprint density at radius 2 is 1.97 bits per heavy atom. The number of carbonyl (C=O) groups excluding carboxylic acids is 1. The number of nitro benzene ring substituents is 1. The SMILES string of the molecule is O=C(NCCCOc1ncc(C(F)(F)F)cc1N1CCCCC1)c1cc([N+](=O)[O-])ccc1Cl. The van der Waals surface area contributed by atoms with Gasteiger partial charge in [-0.3, -0.25) is 14.9 Å². The fraction of sp³-hybridized carbons (Fsp3) is 0.429. The van der Waals surface area contributed by atoms with Crippen molar-refractivity contribution in [3.63, 3.8) is 0 Å². The maximum Gasteiger partial charge on any atom is 0.417 e. The zero-order chi connectivity index (χ0) is 24.0. The molecule has 1 aromatic heterocycles. The lowest BCUT2D eigenvalue weighted by Crippen LogP contribution is -2.30. The summed E-state index contributed by atoms with van der Waals surface area (Å²) in [5, 5.41) is 13.6. The van der Waals surface area contributed by atoms with Crippen LogP contribution in [0.15, 0.2) is 30.5 Å². The number of piperidine rings is 1. The number of hydrogen-bond acceptors (Lipinski definition) is 6. The lowest BCUT2D eigenvalue weighted by molar-refractivity contribution is -0.384. The minimum Gasteiger partial charge on any atom is -0.476 e. The third-order valence-electron chi connectivity index (χ3n) is 5.11. The summed E-state index contributed by atoms with van der Waals surface area (Å²) in [4.78, 5) is 28.3. The Morgan fingerprint density at radius 3 is 2.64 bits per heavy atom. The Morgan fingerprint density at radius 1 is 1.24 bits per heavy atom. The van der Waals surface area contributed by atoms with Gasteiger partial charge in [-0.05, 0) is 37.8 Å². The normalized spacial score (nSPS) is 14.1. The third-order valence-corrected chi connectivity index (χ3v) is 5.44. The van der Waals surface area contributed by atoms with Crippen molar-refractivity contribution >= 4 is 28.9 Å². The fourth-order valence-corrected chi connectivity index (χ4v) is 3.61. The Bertz CT molecular complexity index is 1010. The summed E-state index contributed by atoms with van der Waals surface area (Å²) >= 11 is 5.95. The van der Waals surface area contributed by atoms with Gasteiger partial charge >= 0.3 is 6.18 Å². The summed E-state index contributed by atoms with van der Waals surface area (Å²) in [6, 6.07) is 4.62. The van der Waals surface area contributed by atoms with E-state index in [2.05, 4.69) is 10.3 Å². The van der Waals surface area contributed by atoms with Crippen LogP contribution in [0, 0.1) is 10.1 Å². The number of non-ortho nitro benzene ring substituents is 1. The van der Waals surface area contributed by atoms with Crippen LogP contribution in [0.5, 0.6) is 5.88 Å². The molecule has 178 valence electrons. The topological polar surface area (TPSA) is 97.6 Å². The Hall–Kier alpha value is -3.08. The van der Waals surface area contributed by atoms with E-state index >= 15 is 0 Å². The van der Waals surface area contributed by atoms with Crippen LogP contribution >= 0.6 is 11.6 Å². The maximum atomic E-state index is 13.1. The van der Waals surface area contributed by atoms with Gasteiger partial charge in [0.15, 0.2) is 0 Å². The lowest BCUT2D eigenvalue weighted by Gasteiger charge is -2.30. The monoisotopic (exact) mass is 486 g/mol. The van der Waals surface area contributed by atoms with Crippen molar-refractivity contribution in [1.82, 2.24) is 10.3 Å². The highest BCUT2D eigenvalue weighted by Gasteiger charge is 2.33. The van der Waals surface area contributed by atoms with E-state index in [1.807, 2.05) is 4.90 Å². The van der Waals surface area contributed by atoms with Crippen molar-refractivity contribution in [2.24, 2.45) is 0 Å². The number of pyridine rings is 1. The number of aromatic nitrogens is 1. The maximum absolute atomic E-state index is 13.1. The standard InChI is InChI=1S/C21H22ClF3N4O4/c22-17-6-5-15(29(31)32)12-16(17)19(30)26-7-4-10-33-20-18(28-8-2-1-3-9-28)11-14(13-27-20)21(23,24)25/h5-6,11-13H,1-4,7-10H2,(H,26,30). The number of halogens is 4. The number of amides is 1. The number of ether oxygens (including phenoxy) is 1. The molecule has 0 spiro atoms. The highest BCUT2D eigenvalue weighted by Crippen LogP contribution is 2.36. The molecule has 1 fully saturated rings. The van der Waals surface area contributed by atoms with Crippen molar-refractivity contribution in [3.05, 3.63) is 56.7 Å². The van der Waals surface area contributed by atoms with Crippen LogP contribution in [0.25, 0.3) is 0 Å². The summed E-state index contributed by atoms with van der Waals surface area (Å²) in [7, 11) is 0. The number of nitrogens with zero attached hydrogens (tertiary/aromatic N) is 3. The third kappa shape index (κ3) is 6.47. The molecule has 0 radical (unpaired) electrons. The van der Waals surface area contributed by atoms with Crippen LogP contribution < -0.4 is 15.0 Å². The number of benzene rings is 1. The molecule has 1 aliphatic heterocycles. The Kier molecular flexibility index (Phi) is 7.96. The molecule has 2 aromatic rings. The minimum atomic E-state index is -4.51.